The van der Waals surface area contributed by atoms with Gasteiger partial charge in [0.05, 0.1) is 16.2 Å². The summed E-state index contributed by atoms with van der Waals surface area (Å²) in [5.74, 6) is -3.81. The molecule has 2 amide bonds. The predicted octanol–water partition coefficient (Wildman–Crippen LogP) is 3.06. The Bertz CT molecular complexity index is 1510. The number of hydrogen-bond acceptors (Lipinski definition) is 9. The second-order valence-corrected chi connectivity index (χ2v) is 9.05. The molecule has 2 aliphatic rings. The second kappa shape index (κ2) is 11.8. The number of benzene rings is 2. The van der Waals surface area contributed by atoms with Gasteiger partial charge in [0.1, 0.15) is 11.4 Å². The molecule has 2 N–H and O–H groups in total. The minimum atomic E-state index is -1.26. The van der Waals surface area contributed by atoms with Crippen molar-refractivity contribution in [2.45, 2.75) is 18.8 Å². The minimum Gasteiger partial charge on any atom is -0.478 e. The highest BCUT2D eigenvalue weighted by atomic mass is 19.1. The first-order valence-corrected chi connectivity index (χ1v) is 12.1. The van der Waals surface area contributed by atoms with Crippen LogP contribution in [0.25, 0.3) is 11.0 Å². The quantitative estimate of drug-likeness (QED) is 0.189. The number of nitro benzene ring substituents is 1. The SMILES string of the molecule is O=C(O)C=CC(=O)O.O=C1c2cccc([N+](=O)[O-])c2C(=O)N1CCN1CCC(c2noc3cc(F)ccc23)CC1. The van der Waals surface area contributed by atoms with E-state index in [1.165, 1.54) is 30.3 Å². The van der Waals surface area contributed by atoms with Crippen LogP contribution in [0.4, 0.5) is 10.1 Å². The number of carbonyl (C=O) groups excluding carboxylic acids is 2. The Hall–Kier alpha value is -4.98. The molecule has 40 heavy (non-hydrogen) atoms. The second-order valence-electron chi connectivity index (χ2n) is 9.05. The number of carboxylic acids is 2. The number of halogens is 1. The highest BCUT2D eigenvalue weighted by Gasteiger charge is 2.41. The predicted molar refractivity (Wildman–Crippen MR) is 135 cm³/mol. The van der Waals surface area contributed by atoms with Crippen LogP contribution in [0, 0.1) is 15.9 Å². The average molecular weight is 554 g/mol. The number of rotatable bonds is 7. The summed E-state index contributed by atoms with van der Waals surface area (Å²) in [4.78, 5) is 58.3. The number of piperidine rings is 1. The van der Waals surface area contributed by atoms with Crippen LogP contribution in [-0.4, -0.2) is 80.0 Å². The third-order valence-corrected chi connectivity index (χ3v) is 6.62. The summed E-state index contributed by atoms with van der Waals surface area (Å²) in [6.07, 6.45) is 2.74. The number of nitro groups is 1. The first-order valence-electron chi connectivity index (χ1n) is 12.1. The largest absolute Gasteiger partial charge is 0.478 e. The first kappa shape index (κ1) is 28.0. The van der Waals surface area contributed by atoms with Gasteiger partial charge in [-0.1, -0.05) is 11.2 Å². The lowest BCUT2D eigenvalue weighted by atomic mass is 9.91. The lowest BCUT2D eigenvalue weighted by Gasteiger charge is -2.32. The first-order chi connectivity index (χ1) is 19.1. The van der Waals surface area contributed by atoms with Gasteiger partial charge in [-0.05, 0) is 44.1 Å². The number of carboxylic acid groups (broad SMARTS) is 2. The van der Waals surface area contributed by atoms with Crippen molar-refractivity contribution in [3.63, 3.8) is 0 Å². The molecule has 0 bridgehead atoms. The third-order valence-electron chi connectivity index (χ3n) is 6.62. The van der Waals surface area contributed by atoms with Crippen LogP contribution < -0.4 is 0 Å². The van der Waals surface area contributed by atoms with E-state index in [0.29, 0.717) is 24.3 Å². The third kappa shape index (κ3) is 6.02. The van der Waals surface area contributed by atoms with E-state index < -0.39 is 28.7 Å². The van der Waals surface area contributed by atoms with Gasteiger partial charge >= 0.3 is 11.9 Å². The molecule has 1 saturated heterocycles. The Morgan fingerprint density at radius 1 is 1.07 bits per heavy atom. The number of likely N-dealkylation sites (tertiary alicyclic amines) is 1. The summed E-state index contributed by atoms with van der Waals surface area (Å²) in [5, 5.41) is 31.8. The van der Waals surface area contributed by atoms with E-state index in [4.69, 9.17) is 14.7 Å². The number of aromatic nitrogens is 1. The zero-order chi connectivity index (χ0) is 29.0. The lowest BCUT2D eigenvalue weighted by Crippen LogP contribution is -2.41. The van der Waals surface area contributed by atoms with Crippen molar-refractivity contribution in [3.8, 4) is 0 Å². The van der Waals surface area contributed by atoms with Crippen LogP contribution in [0.2, 0.25) is 0 Å². The molecule has 5 rings (SSSR count). The summed E-state index contributed by atoms with van der Waals surface area (Å²) >= 11 is 0. The summed E-state index contributed by atoms with van der Waals surface area (Å²) < 4.78 is 18.6. The Morgan fingerprint density at radius 3 is 2.38 bits per heavy atom. The van der Waals surface area contributed by atoms with Crippen molar-refractivity contribution in [1.29, 1.82) is 0 Å². The number of hydrogen-bond donors (Lipinski definition) is 2. The molecule has 3 aromatic rings. The van der Waals surface area contributed by atoms with E-state index >= 15 is 0 Å². The number of amides is 2. The molecule has 2 aliphatic heterocycles. The maximum absolute atomic E-state index is 13.4. The molecule has 2 aromatic carbocycles. The summed E-state index contributed by atoms with van der Waals surface area (Å²) in [7, 11) is 0. The molecule has 3 heterocycles. The van der Waals surface area contributed by atoms with Gasteiger partial charge in [0.25, 0.3) is 17.5 Å². The van der Waals surface area contributed by atoms with Crippen LogP contribution in [0.3, 0.4) is 0 Å². The van der Waals surface area contributed by atoms with Gasteiger partial charge in [0.15, 0.2) is 5.58 Å². The monoisotopic (exact) mass is 554 g/mol. The molecule has 14 heteroatoms. The zero-order valence-corrected chi connectivity index (χ0v) is 20.9. The minimum absolute atomic E-state index is 0.0808. The number of fused-ring (bicyclic) bond motifs is 2. The molecule has 1 fully saturated rings. The number of nitrogens with zero attached hydrogens (tertiary/aromatic N) is 4. The zero-order valence-electron chi connectivity index (χ0n) is 20.9. The molecule has 0 spiro atoms. The Labute approximate surface area is 225 Å². The molecule has 0 atom stereocenters. The van der Waals surface area contributed by atoms with E-state index in [1.807, 2.05) is 0 Å². The lowest BCUT2D eigenvalue weighted by molar-refractivity contribution is -0.385. The molecular weight excluding hydrogens is 531 g/mol. The van der Waals surface area contributed by atoms with Gasteiger partial charge in [-0.15, -0.1) is 0 Å². The summed E-state index contributed by atoms with van der Waals surface area (Å²) in [5.41, 5.74) is 0.867. The van der Waals surface area contributed by atoms with E-state index in [1.54, 1.807) is 6.07 Å². The normalized spacial score (nSPS) is 15.8. The van der Waals surface area contributed by atoms with Crippen molar-refractivity contribution >= 4 is 40.4 Å². The summed E-state index contributed by atoms with van der Waals surface area (Å²) in [6.45, 7) is 2.13. The summed E-state index contributed by atoms with van der Waals surface area (Å²) in [6, 6.07) is 8.50. The molecule has 13 nitrogen and oxygen atoms in total. The van der Waals surface area contributed by atoms with Gasteiger partial charge in [0, 0.05) is 48.7 Å². The topological polar surface area (TPSA) is 184 Å². The van der Waals surface area contributed by atoms with Crippen molar-refractivity contribution < 1.29 is 43.2 Å². The number of imide groups is 1. The number of aliphatic carboxylic acids is 2. The van der Waals surface area contributed by atoms with E-state index in [2.05, 4.69) is 10.1 Å². The van der Waals surface area contributed by atoms with Gasteiger partial charge in [-0.3, -0.25) is 24.6 Å². The molecule has 0 unspecified atom stereocenters. The molecule has 208 valence electrons. The average Bonchev–Trinajstić information content (AvgIpc) is 3.45. The van der Waals surface area contributed by atoms with Crippen LogP contribution >= 0.6 is 0 Å². The fourth-order valence-electron chi connectivity index (χ4n) is 4.71. The van der Waals surface area contributed by atoms with E-state index in [9.17, 15) is 33.7 Å². The maximum Gasteiger partial charge on any atom is 0.328 e. The molecule has 0 saturated carbocycles. The van der Waals surface area contributed by atoms with Crippen LogP contribution in [0.5, 0.6) is 0 Å². The highest BCUT2D eigenvalue weighted by molar-refractivity contribution is 6.23. The van der Waals surface area contributed by atoms with Gasteiger partial charge in [-0.2, -0.15) is 0 Å². The van der Waals surface area contributed by atoms with E-state index in [-0.39, 0.29) is 35.1 Å². The molecule has 0 aliphatic carbocycles. The van der Waals surface area contributed by atoms with Gasteiger partial charge in [0.2, 0.25) is 0 Å². The Morgan fingerprint density at radius 2 is 1.75 bits per heavy atom. The van der Waals surface area contributed by atoms with Crippen LogP contribution in [0.15, 0.2) is 53.1 Å². The molecule has 1 aromatic heterocycles. The molecule has 0 radical (unpaired) electrons. The van der Waals surface area contributed by atoms with Crippen LogP contribution in [-0.2, 0) is 9.59 Å². The van der Waals surface area contributed by atoms with Crippen molar-refractivity contribution in [2.75, 3.05) is 26.2 Å². The smallest absolute Gasteiger partial charge is 0.328 e. The van der Waals surface area contributed by atoms with Gasteiger partial charge in [-0.25, -0.2) is 14.0 Å². The van der Waals surface area contributed by atoms with Crippen molar-refractivity contribution in [1.82, 2.24) is 15.0 Å². The van der Waals surface area contributed by atoms with Crippen LogP contribution in [0.1, 0.15) is 45.2 Å². The standard InChI is InChI=1S/C22H19FN4O5.C4H4O4/c23-14-4-5-15-18(12-14)32-24-20(15)13-6-8-25(9-7-13)10-11-26-21(28)16-2-1-3-17(27(30)31)19(16)22(26)29;5-3(6)1-2-4(7)8/h1-5,12-13H,6-11H2;1-2H,(H,5,6)(H,7,8). The Balaban J connectivity index is 0.000000406. The maximum atomic E-state index is 13.4. The highest BCUT2D eigenvalue weighted by Crippen LogP contribution is 2.33. The Kier molecular flexibility index (Phi) is 8.29. The van der Waals surface area contributed by atoms with E-state index in [0.717, 1.165) is 41.9 Å². The van der Waals surface area contributed by atoms with Gasteiger partial charge < -0.3 is 19.6 Å². The van der Waals surface area contributed by atoms with Crippen molar-refractivity contribution in [2.24, 2.45) is 0 Å². The number of carbonyl (C=O) groups is 4. The fourth-order valence-corrected chi connectivity index (χ4v) is 4.71. The molecular formula is C26H23FN4O9. The fraction of sp³-hybridized carbons (Fsp3) is 0.269. The van der Waals surface area contributed by atoms with Crippen molar-refractivity contribution in [3.05, 3.63) is 81.3 Å².